The van der Waals surface area contributed by atoms with Crippen molar-refractivity contribution < 1.29 is 14.4 Å². The Bertz CT molecular complexity index is 1030. The van der Waals surface area contributed by atoms with E-state index in [1.807, 2.05) is 13.0 Å². The van der Waals surface area contributed by atoms with Crippen LogP contribution in [-0.2, 0) is 16.1 Å². The molecule has 0 saturated carbocycles. The fraction of sp³-hybridized carbons (Fsp3) is 0.261. The fourth-order valence-corrected chi connectivity index (χ4v) is 4.25. The van der Waals surface area contributed by atoms with Crippen molar-refractivity contribution in [2.24, 2.45) is 11.8 Å². The van der Waals surface area contributed by atoms with Crippen LogP contribution in [0.25, 0.3) is 0 Å². The molecular formula is C23H20Cl2N2O3. The van der Waals surface area contributed by atoms with E-state index in [9.17, 15) is 14.4 Å². The molecule has 0 spiro atoms. The van der Waals surface area contributed by atoms with Crippen molar-refractivity contribution in [1.29, 1.82) is 0 Å². The summed E-state index contributed by atoms with van der Waals surface area (Å²) in [5.74, 6) is -1.94. The van der Waals surface area contributed by atoms with E-state index < -0.39 is 17.7 Å². The van der Waals surface area contributed by atoms with Gasteiger partial charge in [-0.2, -0.15) is 5.01 Å². The molecule has 1 heterocycles. The Morgan fingerprint density at radius 3 is 2.17 bits per heavy atom. The second kappa shape index (κ2) is 8.25. The van der Waals surface area contributed by atoms with Gasteiger partial charge in [0.15, 0.2) is 0 Å². The van der Waals surface area contributed by atoms with Gasteiger partial charge in [-0.15, -0.1) is 0 Å². The number of imide groups is 1. The van der Waals surface area contributed by atoms with Crippen molar-refractivity contribution in [3.63, 3.8) is 0 Å². The molecule has 4 rings (SSSR count). The van der Waals surface area contributed by atoms with Gasteiger partial charge in [0.25, 0.3) is 17.7 Å². The van der Waals surface area contributed by atoms with E-state index in [1.54, 1.807) is 48.5 Å². The number of allylic oxidation sites excluding steroid dienone is 2. The number of benzene rings is 2. The lowest BCUT2D eigenvalue weighted by Gasteiger charge is -2.30. The van der Waals surface area contributed by atoms with E-state index in [4.69, 9.17) is 23.2 Å². The Balaban J connectivity index is 1.70. The van der Waals surface area contributed by atoms with E-state index in [2.05, 4.69) is 0 Å². The summed E-state index contributed by atoms with van der Waals surface area (Å²) in [6.07, 6.45) is 3.05. The number of rotatable bonds is 4. The number of hydrogen-bond donors (Lipinski definition) is 0. The Morgan fingerprint density at radius 2 is 1.53 bits per heavy atom. The lowest BCUT2D eigenvalue weighted by molar-refractivity contribution is -0.155. The first-order valence-corrected chi connectivity index (χ1v) is 10.5. The Labute approximate surface area is 184 Å². The SMILES string of the molecule is CC1=CC[C@H]2C(=O)N(N(Cc3ccc(Cl)cc3)C(=O)c3ccc(Cl)cc3)C(=O)[C@@H]2C1. The van der Waals surface area contributed by atoms with Crippen LogP contribution in [0.4, 0.5) is 0 Å². The minimum Gasteiger partial charge on any atom is -0.272 e. The van der Waals surface area contributed by atoms with Crippen LogP contribution in [0, 0.1) is 11.8 Å². The van der Waals surface area contributed by atoms with Gasteiger partial charge >= 0.3 is 0 Å². The zero-order valence-electron chi connectivity index (χ0n) is 16.3. The molecular weight excluding hydrogens is 423 g/mol. The highest BCUT2D eigenvalue weighted by Gasteiger charge is 2.51. The van der Waals surface area contributed by atoms with Crippen LogP contribution in [0.5, 0.6) is 0 Å². The Morgan fingerprint density at radius 1 is 0.967 bits per heavy atom. The number of carbonyl (C=O) groups excluding carboxylic acids is 3. The monoisotopic (exact) mass is 442 g/mol. The average molecular weight is 443 g/mol. The van der Waals surface area contributed by atoms with E-state index in [1.165, 1.54) is 5.01 Å². The number of nitrogens with zero attached hydrogens (tertiary/aromatic N) is 2. The topological polar surface area (TPSA) is 57.7 Å². The quantitative estimate of drug-likeness (QED) is 0.500. The minimum atomic E-state index is -0.438. The molecule has 2 aromatic carbocycles. The number of hydrogen-bond acceptors (Lipinski definition) is 3. The van der Waals surface area contributed by atoms with Crippen LogP contribution in [0.2, 0.25) is 10.0 Å². The van der Waals surface area contributed by atoms with Gasteiger partial charge in [-0.25, -0.2) is 5.01 Å². The normalized spacial score (nSPS) is 20.8. The van der Waals surface area contributed by atoms with Crippen molar-refractivity contribution in [2.45, 2.75) is 26.3 Å². The average Bonchev–Trinajstić information content (AvgIpc) is 2.97. The van der Waals surface area contributed by atoms with Crippen molar-refractivity contribution in [3.8, 4) is 0 Å². The Kier molecular flexibility index (Phi) is 5.67. The fourth-order valence-electron chi connectivity index (χ4n) is 4.00. The van der Waals surface area contributed by atoms with Gasteiger partial charge in [0.05, 0.1) is 18.4 Å². The smallest absolute Gasteiger partial charge is 0.272 e. The number of carbonyl (C=O) groups is 3. The van der Waals surface area contributed by atoms with E-state index in [0.717, 1.165) is 16.1 Å². The van der Waals surface area contributed by atoms with Gasteiger partial charge in [0, 0.05) is 15.6 Å². The summed E-state index contributed by atoms with van der Waals surface area (Å²) in [5, 5.41) is 3.35. The molecule has 1 saturated heterocycles. The summed E-state index contributed by atoms with van der Waals surface area (Å²) in [6, 6.07) is 13.4. The first-order valence-electron chi connectivity index (χ1n) is 9.70. The van der Waals surface area contributed by atoms with Gasteiger partial charge in [-0.1, -0.05) is 47.0 Å². The molecule has 0 N–H and O–H groups in total. The molecule has 2 aliphatic rings. The summed E-state index contributed by atoms with van der Waals surface area (Å²) in [6.45, 7) is 2.03. The predicted octanol–water partition coefficient (Wildman–Crippen LogP) is 4.89. The molecule has 1 fully saturated rings. The Hall–Kier alpha value is -2.63. The number of amides is 3. The first kappa shape index (κ1) is 20.6. The summed E-state index contributed by atoms with van der Waals surface area (Å²) in [7, 11) is 0. The highest BCUT2D eigenvalue weighted by molar-refractivity contribution is 6.30. The molecule has 1 aliphatic carbocycles. The third-order valence-electron chi connectivity index (χ3n) is 5.61. The van der Waals surface area contributed by atoms with Crippen LogP contribution in [-0.4, -0.2) is 27.7 Å². The van der Waals surface area contributed by atoms with Crippen molar-refractivity contribution >= 4 is 40.9 Å². The number of hydrazine groups is 1. The van der Waals surface area contributed by atoms with Crippen LogP contribution in [0.15, 0.2) is 60.2 Å². The van der Waals surface area contributed by atoms with Gasteiger partial charge in [-0.3, -0.25) is 14.4 Å². The standard InChI is InChI=1S/C23H20Cl2N2O3/c1-14-2-11-19-20(12-14)23(30)27(22(19)29)26(13-15-3-7-17(24)8-4-15)21(28)16-5-9-18(25)10-6-16/h2-10,19-20H,11-13H2,1H3/t19-,20-/m1/s1. The maximum Gasteiger partial charge on any atom is 0.273 e. The highest BCUT2D eigenvalue weighted by Crippen LogP contribution is 2.39. The minimum absolute atomic E-state index is 0.0714. The molecule has 0 aromatic heterocycles. The largest absolute Gasteiger partial charge is 0.273 e. The number of fused-ring (bicyclic) bond motifs is 1. The molecule has 3 amide bonds. The summed E-state index contributed by atoms with van der Waals surface area (Å²) >= 11 is 11.9. The summed E-state index contributed by atoms with van der Waals surface area (Å²) < 4.78 is 0. The van der Waals surface area contributed by atoms with E-state index >= 15 is 0 Å². The third kappa shape index (κ3) is 3.87. The molecule has 2 aromatic rings. The van der Waals surface area contributed by atoms with Crippen LogP contribution in [0.1, 0.15) is 35.7 Å². The van der Waals surface area contributed by atoms with Crippen molar-refractivity contribution in [2.75, 3.05) is 0 Å². The van der Waals surface area contributed by atoms with Gasteiger partial charge in [0.1, 0.15) is 0 Å². The third-order valence-corrected chi connectivity index (χ3v) is 6.12. The van der Waals surface area contributed by atoms with Crippen molar-refractivity contribution in [3.05, 3.63) is 81.4 Å². The zero-order valence-corrected chi connectivity index (χ0v) is 17.9. The highest BCUT2D eigenvalue weighted by atomic mass is 35.5. The number of halogens is 2. The van der Waals surface area contributed by atoms with Gasteiger partial charge in [-0.05, 0) is 61.7 Å². The van der Waals surface area contributed by atoms with E-state index in [-0.39, 0.29) is 18.4 Å². The summed E-state index contributed by atoms with van der Waals surface area (Å²) in [5.41, 5.74) is 2.19. The maximum atomic E-state index is 13.4. The zero-order chi connectivity index (χ0) is 21.4. The molecule has 154 valence electrons. The lowest BCUT2D eigenvalue weighted by Crippen LogP contribution is -2.49. The van der Waals surface area contributed by atoms with Gasteiger partial charge in [0.2, 0.25) is 0 Å². The maximum absolute atomic E-state index is 13.4. The van der Waals surface area contributed by atoms with Crippen LogP contribution in [0.3, 0.4) is 0 Å². The van der Waals surface area contributed by atoms with Crippen molar-refractivity contribution in [1.82, 2.24) is 10.0 Å². The summed E-state index contributed by atoms with van der Waals surface area (Å²) in [4.78, 5) is 39.8. The molecule has 0 unspecified atom stereocenters. The molecule has 7 heteroatoms. The molecule has 1 aliphatic heterocycles. The lowest BCUT2D eigenvalue weighted by atomic mass is 9.82. The van der Waals surface area contributed by atoms with Crippen LogP contribution >= 0.6 is 23.2 Å². The second-order valence-electron chi connectivity index (χ2n) is 7.69. The van der Waals surface area contributed by atoms with Gasteiger partial charge < -0.3 is 0 Å². The molecule has 0 radical (unpaired) electrons. The van der Waals surface area contributed by atoms with Crippen LogP contribution < -0.4 is 0 Å². The first-order chi connectivity index (χ1) is 14.3. The molecule has 2 atom stereocenters. The predicted molar refractivity (Wildman–Crippen MR) is 115 cm³/mol. The van der Waals surface area contributed by atoms with E-state index in [0.29, 0.717) is 28.5 Å². The second-order valence-corrected chi connectivity index (χ2v) is 8.56. The molecule has 30 heavy (non-hydrogen) atoms. The molecule has 0 bridgehead atoms. The molecule has 5 nitrogen and oxygen atoms in total.